The van der Waals surface area contributed by atoms with Gasteiger partial charge in [-0.25, -0.2) is 8.42 Å². The van der Waals surface area contributed by atoms with Gasteiger partial charge in [-0.05, 0) is 17.7 Å². The van der Waals surface area contributed by atoms with Crippen LogP contribution in [0.3, 0.4) is 0 Å². The molecule has 13 heavy (non-hydrogen) atoms. The lowest BCUT2D eigenvalue weighted by atomic mass is 10.2. The Morgan fingerprint density at radius 1 is 1.23 bits per heavy atom. The maximum atomic E-state index is 11.1. The van der Waals surface area contributed by atoms with Crippen molar-refractivity contribution in [3.63, 3.8) is 0 Å². The highest BCUT2D eigenvalue weighted by atomic mass is 79.9. The number of benzene rings is 1. The molecule has 1 rings (SSSR count). The van der Waals surface area contributed by atoms with Gasteiger partial charge < -0.3 is 0 Å². The molecule has 0 aliphatic carbocycles. The first-order valence-corrected chi connectivity index (χ1v) is 7.15. The molecule has 0 radical (unpaired) electrons. The first kappa shape index (κ1) is 11.2. The summed E-state index contributed by atoms with van der Waals surface area (Å²) in [5.41, 5.74) is 0.769. The van der Waals surface area contributed by atoms with Gasteiger partial charge >= 0.3 is 0 Å². The van der Waals surface area contributed by atoms with Crippen LogP contribution >= 0.6 is 31.9 Å². The Morgan fingerprint density at radius 2 is 1.69 bits per heavy atom. The fraction of sp³-hybridized carbons (Fsp3) is 0.250. The molecule has 0 bridgehead atoms. The van der Waals surface area contributed by atoms with Gasteiger partial charge in [0.15, 0.2) is 9.84 Å². The summed E-state index contributed by atoms with van der Waals surface area (Å²) in [5, 5.41) is 0. The summed E-state index contributed by atoms with van der Waals surface area (Å²) in [5.74, 6) is 0.0506. The van der Waals surface area contributed by atoms with Crippen LogP contribution in [0.2, 0.25) is 0 Å². The van der Waals surface area contributed by atoms with Crippen molar-refractivity contribution in [2.75, 3.05) is 6.26 Å². The van der Waals surface area contributed by atoms with Crippen LogP contribution in [-0.2, 0) is 15.6 Å². The normalized spacial score (nSPS) is 11.6. The maximum absolute atomic E-state index is 11.1. The second-order valence-corrected chi connectivity index (χ2v) is 6.62. The second kappa shape index (κ2) is 4.11. The van der Waals surface area contributed by atoms with Crippen molar-refractivity contribution in [3.05, 3.63) is 32.7 Å². The summed E-state index contributed by atoms with van der Waals surface area (Å²) < 4.78 is 23.8. The lowest BCUT2D eigenvalue weighted by molar-refractivity contribution is 0.601. The standard InChI is InChI=1S/C8H8Br2O2S/c1-13(11,12)5-6-7(9)3-2-4-8(6)10/h2-4H,5H2,1H3. The smallest absolute Gasteiger partial charge is 0.151 e. The average Bonchev–Trinajstić information content (AvgIpc) is 1.95. The minimum atomic E-state index is -2.98. The van der Waals surface area contributed by atoms with Gasteiger partial charge in [0.1, 0.15) is 0 Å². The minimum Gasteiger partial charge on any atom is -0.229 e. The van der Waals surface area contributed by atoms with Gasteiger partial charge in [0, 0.05) is 15.2 Å². The summed E-state index contributed by atoms with van der Waals surface area (Å²) in [6.45, 7) is 0. The molecule has 0 amide bonds. The van der Waals surface area contributed by atoms with E-state index in [1.54, 1.807) is 0 Å². The molecule has 0 saturated heterocycles. The molecule has 0 spiro atoms. The molecule has 0 aliphatic rings. The molecule has 0 unspecified atom stereocenters. The maximum Gasteiger partial charge on any atom is 0.151 e. The van der Waals surface area contributed by atoms with Crippen LogP contribution in [0.4, 0.5) is 0 Å². The molecular weight excluding hydrogens is 320 g/mol. The molecule has 0 fully saturated rings. The molecule has 0 aliphatic heterocycles. The predicted molar refractivity (Wildman–Crippen MR) is 60.4 cm³/mol. The van der Waals surface area contributed by atoms with Crippen molar-refractivity contribution < 1.29 is 8.42 Å². The van der Waals surface area contributed by atoms with Gasteiger partial charge in [-0.2, -0.15) is 0 Å². The molecule has 0 atom stereocenters. The first-order valence-electron chi connectivity index (χ1n) is 3.51. The summed E-state index contributed by atoms with van der Waals surface area (Å²) in [6.07, 6.45) is 1.22. The SMILES string of the molecule is CS(=O)(=O)Cc1c(Br)cccc1Br. The summed E-state index contributed by atoms with van der Waals surface area (Å²) >= 11 is 6.61. The van der Waals surface area contributed by atoms with E-state index in [0.29, 0.717) is 0 Å². The molecule has 72 valence electrons. The molecule has 0 saturated carbocycles. The van der Waals surface area contributed by atoms with Crippen LogP contribution < -0.4 is 0 Å². The Hall–Kier alpha value is 0.130. The summed E-state index contributed by atoms with van der Waals surface area (Å²) in [7, 11) is -2.98. The Balaban J connectivity index is 3.15. The molecule has 0 N–H and O–H groups in total. The van der Waals surface area contributed by atoms with E-state index in [9.17, 15) is 8.42 Å². The van der Waals surface area contributed by atoms with Gasteiger partial charge in [0.2, 0.25) is 0 Å². The molecule has 5 heteroatoms. The van der Waals surface area contributed by atoms with Crippen LogP contribution in [0.5, 0.6) is 0 Å². The van der Waals surface area contributed by atoms with Gasteiger partial charge in [0.05, 0.1) is 5.75 Å². The zero-order valence-electron chi connectivity index (χ0n) is 6.92. The topological polar surface area (TPSA) is 34.1 Å². The zero-order chi connectivity index (χ0) is 10.1. The van der Waals surface area contributed by atoms with Crippen molar-refractivity contribution in [2.24, 2.45) is 0 Å². The number of sulfone groups is 1. The Bertz CT molecular complexity index is 392. The fourth-order valence-electron chi connectivity index (χ4n) is 0.932. The van der Waals surface area contributed by atoms with Crippen LogP contribution in [0.15, 0.2) is 27.1 Å². The third-order valence-electron chi connectivity index (χ3n) is 1.47. The van der Waals surface area contributed by atoms with Gasteiger partial charge in [0.25, 0.3) is 0 Å². The van der Waals surface area contributed by atoms with E-state index < -0.39 is 9.84 Å². The highest BCUT2D eigenvalue weighted by Crippen LogP contribution is 2.26. The van der Waals surface area contributed by atoms with E-state index in [1.807, 2.05) is 18.2 Å². The average molecular weight is 328 g/mol. The van der Waals surface area contributed by atoms with E-state index in [-0.39, 0.29) is 5.75 Å². The van der Waals surface area contributed by atoms with E-state index in [1.165, 1.54) is 6.26 Å². The molecule has 0 aromatic heterocycles. The molecule has 0 heterocycles. The summed E-state index contributed by atoms with van der Waals surface area (Å²) in [6, 6.07) is 5.50. The zero-order valence-corrected chi connectivity index (χ0v) is 10.9. The molecule has 1 aromatic rings. The van der Waals surface area contributed by atoms with E-state index >= 15 is 0 Å². The van der Waals surface area contributed by atoms with E-state index in [4.69, 9.17) is 0 Å². The van der Waals surface area contributed by atoms with Crippen LogP contribution in [0.25, 0.3) is 0 Å². The number of hydrogen-bond acceptors (Lipinski definition) is 2. The van der Waals surface area contributed by atoms with Crippen molar-refractivity contribution in [1.29, 1.82) is 0 Å². The minimum absolute atomic E-state index is 0.0506. The fourth-order valence-corrected chi connectivity index (χ4v) is 3.42. The Labute approximate surface area is 94.5 Å². The Morgan fingerprint density at radius 3 is 2.08 bits per heavy atom. The highest BCUT2D eigenvalue weighted by Gasteiger charge is 2.10. The largest absolute Gasteiger partial charge is 0.229 e. The quantitative estimate of drug-likeness (QED) is 0.837. The van der Waals surface area contributed by atoms with Crippen LogP contribution in [0, 0.1) is 0 Å². The van der Waals surface area contributed by atoms with Crippen molar-refractivity contribution in [2.45, 2.75) is 5.75 Å². The monoisotopic (exact) mass is 326 g/mol. The number of hydrogen-bond donors (Lipinski definition) is 0. The van der Waals surface area contributed by atoms with E-state index in [0.717, 1.165) is 14.5 Å². The van der Waals surface area contributed by atoms with E-state index in [2.05, 4.69) is 31.9 Å². The van der Waals surface area contributed by atoms with Gasteiger partial charge in [-0.1, -0.05) is 37.9 Å². The predicted octanol–water partition coefficient (Wildman–Crippen LogP) is 2.76. The third kappa shape index (κ3) is 3.40. The van der Waals surface area contributed by atoms with Crippen LogP contribution in [0.1, 0.15) is 5.56 Å². The lowest BCUT2D eigenvalue weighted by Crippen LogP contribution is -2.02. The van der Waals surface area contributed by atoms with Gasteiger partial charge in [-0.3, -0.25) is 0 Å². The molecule has 1 aromatic carbocycles. The lowest BCUT2D eigenvalue weighted by Gasteiger charge is -2.04. The summed E-state index contributed by atoms with van der Waals surface area (Å²) in [4.78, 5) is 0. The first-order chi connectivity index (χ1) is 5.90. The number of rotatable bonds is 2. The molecule has 2 nitrogen and oxygen atoms in total. The van der Waals surface area contributed by atoms with Crippen molar-refractivity contribution in [1.82, 2.24) is 0 Å². The van der Waals surface area contributed by atoms with Crippen LogP contribution in [-0.4, -0.2) is 14.7 Å². The highest BCUT2D eigenvalue weighted by molar-refractivity contribution is 9.11. The third-order valence-corrected chi connectivity index (χ3v) is 3.77. The van der Waals surface area contributed by atoms with Crippen molar-refractivity contribution >= 4 is 41.7 Å². The number of halogens is 2. The molecular formula is C8H8Br2O2S. The van der Waals surface area contributed by atoms with Crippen molar-refractivity contribution in [3.8, 4) is 0 Å². The second-order valence-electron chi connectivity index (χ2n) is 2.77. The van der Waals surface area contributed by atoms with Gasteiger partial charge in [-0.15, -0.1) is 0 Å². The Kier molecular flexibility index (Phi) is 3.54.